The minimum atomic E-state index is -0.778. The number of aliphatic hydroxyl groups is 1. The lowest BCUT2D eigenvalue weighted by Crippen LogP contribution is -2.35. The van der Waals surface area contributed by atoms with E-state index in [1.54, 1.807) is 31.4 Å². The molecule has 0 spiro atoms. The predicted octanol–water partition coefficient (Wildman–Crippen LogP) is 4.95. The molecule has 1 heterocycles. The summed E-state index contributed by atoms with van der Waals surface area (Å²) in [6.45, 7) is 9.23. The number of rotatable bonds is 12. The molecule has 8 nitrogen and oxygen atoms in total. The number of hydrogen-bond donors (Lipinski definition) is 1. The first-order chi connectivity index (χ1) is 18.1. The molecule has 1 unspecified atom stereocenters. The van der Waals surface area contributed by atoms with Gasteiger partial charge in [0, 0.05) is 18.7 Å². The summed E-state index contributed by atoms with van der Waals surface area (Å²) in [5.74, 6) is 0.195. The van der Waals surface area contributed by atoms with Crippen LogP contribution in [0.4, 0.5) is 0 Å². The van der Waals surface area contributed by atoms with E-state index in [-0.39, 0.29) is 17.4 Å². The molecule has 2 aromatic rings. The van der Waals surface area contributed by atoms with Crippen molar-refractivity contribution in [1.29, 1.82) is 0 Å². The molecule has 1 aliphatic rings. The van der Waals surface area contributed by atoms with Gasteiger partial charge >= 0.3 is 0 Å². The highest BCUT2D eigenvalue weighted by Crippen LogP contribution is 2.42. The summed E-state index contributed by atoms with van der Waals surface area (Å²) < 4.78 is 17.2. The standard InChI is InChI=1S/C30H40N2O6/c1-8-9-16-37-24-13-10-21(18-25(24)36-7)27-26(29(34)30(35)32(27)15-14-31(5)6)28(33)23-12-11-22(17-20(23)4)38-19(2)3/h10-13,17-19,27,33H,8-9,14-16H2,1-7H3. The van der Waals surface area contributed by atoms with Gasteiger partial charge in [0.25, 0.3) is 11.7 Å². The van der Waals surface area contributed by atoms with Gasteiger partial charge in [0.1, 0.15) is 11.5 Å². The van der Waals surface area contributed by atoms with Crippen molar-refractivity contribution in [3.05, 3.63) is 58.7 Å². The van der Waals surface area contributed by atoms with Gasteiger partial charge in [0.15, 0.2) is 11.5 Å². The number of methoxy groups -OCH3 is 1. The molecule has 1 fully saturated rings. The van der Waals surface area contributed by atoms with Crippen molar-refractivity contribution < 1.29 is 28.9 Å². The number of nitrogens with zero attached hydrogens (tertiary/aromatic N) is 2. The van der Waals surface area contributed by atoms with Gasteiger partial charge in [-0.1, -0.05) is 19.4 Å². The van der Waals surface area contributed by atoms with E-state index in [4.69, 9.17) is 14.2 Å². The second-order valence-electron chi connectivity index (χ2n) is 10.1. The van der Waals surface area contributed by atoms with Crippen molar-refractivity contribution >= 4 is 17.4 Å². The number of benzene rings is 2. The highest BCUT2D eigenvalue weighted by Gasteiger charge is 2.46. The number of likely N-dealkylation sites (tertiary alicyclic amines) is 1. The third-order valence-corrected chi connectivity index (χ3v) is 6.41. The largest absolute Gasteiger partial charge is 0.507 e. The Morgan fingerprint density at radius 3 is 2.45 bits per heavy atom. The average Bonchev–Trinajstić information content (AvgIpc) is 3.12. The molecule has 0 aliphatic carbocycles. The van der Waals surface area contributed by atoms with Crippen LogP contribution >= 0.6 is 0 Å². The SMILES string of the molecule is CCCCOc1ccc(C2C(=C(O)c3ccc(OC(C)C)cc3C)C(=O)C(=O)N2CCN(C)C)cc1OC. The second kappa shape index (κ2) is 12.8. The predicted molar refractivity (Wildman–Crippen MR) is 148 cm³/mol. The van der Waals surface area contributed by atoms with Gasteiger partial charge in [-0.05, 0) is 82.7 Å². The van der Waals surface area contributed by atoms with Gasteiger partial charge in [-0.3, -0.25) is 9.59 Å². The van der Waals surface area contributed by atoms with Crippen LogP contribution in [0.3, 0.4) is 0 Å². The lowest BCUT2D eigenvalue weighted by atomic mass is 9.93. The summed E-state index contributed by atoms with van der Waals surface area (Å²) in [6, 6.07) is 9.90. The Morgan fingerprint density at radius 1 is 1.11 bits per heavy atom. The maximum atomic E-state index is 13.4. The summed E-state index contributed by atoms with van der Waals surface area (Å²) in [6.07, 6.45) is 1.92. The minimum absolute atomic E-state index is 0.000211. The van der Waals surface area contributed by atoms with E-state index in [0.29, 0.717) is 48.1 Å². The number of unbranched alkanes of at least 4 members (excludes halogenated alkanes) is 1. The fraction of sp³-hybridized carbons (Fsp3) is 0.467. The van der Waals surface area contributed by atoms with Crippen LogP contribution in [-0.4, -0.2) is 73.6 Å². The summed E-state index contributed by atoms with van der Waals surface area (Å²) in [7, 11) is 5.36. The van der Waals surface area contributed by atoms with Crippen molar-refractivity contribution in [3.63, 3.8) is 0 Å². The Kier molecular flexibility index (Phi) is 9.80. The molecule has 38 heavy (non-hydrogen) atoms. The van der Waals surface area contributed by atoms with E-state index >= 15 is 0 Å². The Morgan fingerprint density at radius 2 is 1.84 bits per heavy atom. The van der Waals surface area contributed by atoms with Crippen LogP contribution in [0, 0.1) is 6.92 Å². The molecule has 1 amide bonds. The third kappa shape index (κ3) is 6.48. The molecular weight excluding hydrogens is 484 g/mol. The number of aliphatic hydroxyl groups excluding tert-OH is 1. The molecule has 206 valence electrons. The van der Waals surface area contributed by atoms with Gasteiger partial charge < -0.3 is 29.1 Å². The van der Waals surface area contributed by atoms with Crippen LogP contribution in [0.2, 0.25) is 0 Å². The number of ketones is 1. The smallest absolute Gasteiger partial charge is 0.295 e. The zero-order chi connectivity index (χ0) is 28.0. The number of carbonyl (C=O) groups is 2. The van der Waals surface area contributed by atoms with E-state index < -0.39 is 17.7 Å². The van der Waals surface area contributed by atoms with Gasteiger partial charge in [0.05, 0.1) is 31.4 Å². The number of likely N-dealkylation sites (N-methyl/N-ethyl adjacent to an activating group) is 1. The summed E-state index contributed by atoms with van der Waals surface area (Å²) in [4.78, 5) is 30.1. The highest BCUT2D eigenvalue weighted by atomic mass is 16.5. The lowest BCUT2D eigenvalue weighted by Gasteiger charge is -2.27. The van der Waals surface area contributed by atoms with Crippen LogP contribution in [0.15, 0.2) is 42.0 Å². The zero-order valence-corrected chi connectivity index (χ0v) is 23.5. The Labute approximate surface area is 225 Å². The van der Waals surface area contributed by atoms with Crippen molar-refractivity contribution in [2.75, 3.05) is 40.9 Å². The normalized spacial score (nSPS) is 17.0. The summed E-state index contributed by atoms with van der Waals surface area (Å²) >= 11 is 0. The van der Waals surface area contributed by atoms with E-state index in [0.717, 1.165) is 18.4 Å². The zero-order valence-electron chi connectivity index (χ0n) is 23.5. The van der Waals surface area contributed by atoms with Gasteiger partial charge in [-0.25, -0.2) is 0 Å². The van der Waals surface area contributed by atoms with Gasteiger partial charge in [-0.15, -0.1) is 0 Å². The maximum absolute atomic E-state index is 13.4. The molecule has 3 rings (SSSR count). The molecule has 1 saturated heterocycles. The van der Waals surface area contributed by atoms with Crippen LogP contribution < -0.4 is 14.2 Å². The van der Waals surface area contributed by atoms with Gasteiger partial charge in [0.2, 0.25) is 0 Å². The van der Waals surface area contributed by atoms with Crippen LogP contribution in [-0.2, 0) is 9.59 Å². The topological polar surface area (TPSA) is 88.5 Å². The monoisotopic (exact) mass is 524 g/mol. The van der Waals surface area contributed by atoms with E-state index in [1.807, 2.05) is 51.9 Å². The average molecular weight is 525 g/mol. The molecule has 1 atom stereocenters. The van der Waals surface area contributed by atoms with E-state index in [2.05, 4.69) is 6.92 Å². The van der Waals surface area contributed by atoms with Crippen molar-refractivity contribution in [2.24, 2.45) is 0 Å². The summed E-state index contributed by atoms with van der Waals surface area (Å²) in [5, 5.41) is 11.5. The van der Waals surface area contributed by atoms with Crippen molar-refractivity contribution in [2.45, 2.75) is 52.7 Å². The first kappa shape index (κ1) is 29.0. The van der Waals surface area contributed by atoms with Crippen molar-refractivity contribution in [1.82, 2.24) is 9.80 Å². The molecular formula is C30H40N2O6. The number of hydrogen-bond acceptors (Lipinski definition) is 7. The number of ether oxygens (including phenoxy) is 3. The van der Waals surface area contributed by atoms with E-state index in [1.165, 1.54) is 4.90 Å². The highest BCUT2D eigenvalue weighted by molar-refractivity contribution is 6.46. The quantitative estimate of drug-likeness (QED) is 0.182. The van der Waals surface area contributed by atoms with Crippen molar-refractivity contribution in [3.8, 4) is 17.2 Å². The molecule has 0 bridgehead atoms. The number of carbonyl (C=O) groups excluding carboxylic acids is 2. The van der Waals surface area contributed by atoms with Crippen LogP contribution in [0.5, 0.6) is 17.2 Å². The van der Waals surface area contributed by atoms with E-state index in [9.17, 15) is 14.7 Å². The lowest BCUT2D eigenvalue weighted by molar-refractivity contribution is -0.140. The molecule has 0 saturated carbocycles. The van der Waals surface area contributed by atoms with Gasteiger partial charge in [-0.2, -0.15) is 0 Å². The number of Topliss-reactive ketones (excluding diaryl/α,β-unsaturated/α-hetero) is 1. The number of amides is 1. The van der Waals surface area contributed by atoms with Crippen LogP contribution in [0.1, 0.15) is 56.3 Å². The summed E-state index contributed by atoms with van der Waals surface area (Å²) in [5.41, 5.74) is 1.91. The van der Waals surface area contributed by atoms with Crippen LogP contribution in [0.25, 0.3) is 5.76 Å². The molecule has 0 aromatic heterocycles. The first-order valence-electron chi connectivity index (χ1n) is 13.1. The Hall–Kier alpha value is -3.52. The molecule has 2 aromatic carbocycles. The molecule has 0 radical (unpaired) electrons. The first-order valence-corrected chi connectivity index (χ1v) is 13.1. The third-order valence-electron chi connectivity index (χ3n) is 6.41. The molecule has 8 heteroatoms. The Bertz CT molecular complexity index is 1190. The Balaban J connectivity index is 2.12. The molecule has 1 aliphatic heterocycles. The minimum Gasteiger partial charge on any atom is -0.507 e. The number of aryl methyl sites for hydroxylation is 1. The maximum Gasteiger partial charge on any atom is 0.295 e. The fourth-order valence-electron chi connectivity index (χ4n) is 4.46. The second-order valence-corrected chi connectivity index (χ2v) is 10.1. The molecule has 1 N–H and O–H groups in total. The fourth-order valence-corrected chi connectivity index (χ4v) is 4.46.